The maximum Gasteiger partial charge on any atom is 0.319 e. The molecule has 1 N–H and O–H groups in total. The molecule has 1 aromatic carbocycles. The van der Waals surface area contributed by atoms with E-state index in [0.717, 1.165) is 82.4 Å². The lowest BCUT2D eigenvalue weighted by molar-refractivity contribution is 0.100. The van der Waals surface area contributed by atoms with E-state index in [1.807, 2.05) is 6.07 Å². The molecule has 10 rings (SSSR count). The SMILES string of the molecule is C[C@@H]1CCCc2cc3n[nH]c(F)c3c(-c3nc4c5c(nc(OC[C@@]67CCCN6CC(=C6COC6)C7)nc5c3F)N3CCCOC[C@H]3CO4)c21. The van der Waals surface area contributed by atoms with E-state index in [1.165, 1.54) is 11.1 Å². The Hall–Kier alpha value is -3.94. The molecule has 49 heavy (non-hydrogen) atoms. The molecule has 256 valence electrons. The smallest absolute Gasteiger partial charge is 0.319 e. The van der Waals surface area contributed by atoms with Crippen LogP contribution < -0.4 is 14.4 Å². The van der Waals surface area contributed by atoms with E-state index in [2.05, 4.69) is 26.9 Å². The summed E-state index contributed by atoms with van der Waals surface area (Å²) >= 11 is 0. The highest BCUT2D eigenvalue weighted by Crippen LogP contribution is 2.48. The predicted molar refractivity (Wildman–Crippen MR) is 177 cm³/mol. The fourth-order valence-corrected chi connectivity index (χ4v) is 9.22. The second-order valence-electron chi connectivity index (χ2n) is 14.7. The van der Waals surface area contributed by atoms with Gasteiger partial charge in [-0.3, -0.25) is 10.00 Å². The van der Waals surface area contributed by atoms with Gasteiger partial charge >= 0.3 is 6.01 Å². The zero-order valence-corrected chi connectivity index (χ0v) is 27.6. The van der Waals surface area contributed by atoms with Crippen LogP contribution in [-0.4, -0.2) is 101 Å². The van der Waals surface area contributed by atoms with E-state index in [0.29, 0.717) is 48.6 Å². The largest absolute Gasteiger partial charge is 0.475 e. The summed E-state index contributed by atoms with van der Waals surface area (Å²) in [6, 6.07) is 1.89. The first-order valence-corrected chi connectivity index (χ1v) is 17.7. The third-order valence-electron chi connectivity index (χ3n) is 11.8. The Bertz CT molecular complexity index is 2050. The number of pyridine rings is 1. The van der Waals surface area contributed by atoms with Gasteiger partial charge in [-0.2, -0.15) is 19.5 Å². The van der Waals surface area contributed by atoms with Crippen LogP contribution in [0, 0.1) is 11.8 Å². The number of nitrogens with one attached hydrogen (secondary N) is 1. The van der Waals surface area contributed by atoms with Crippen molar-refractivity contribution in [2.45, 2.75) is 69.4 Å². The fraction of sp³-hybridized carbons (Fsp3) is 0.556. The number of ether oxygens (including phenoxy) is 4. The minimum Gasteiger partial charge on any atom is -0.475 e. The van der Waals surface area contributed by atoms with Gasteiger partial charge in [-0.15, -0.1) is 0 Å². The Labute approximate surface area is 282 Å². The lowest BCUT2D eigenvalue weighted by Gasteiger charge is -2.31. The maximum absolute atomic E-state index is 17.4. The quantitative estimate of drug-likeness (QED) is 0.290. The van der Waals surface area contributed by atoms with Crippen molar-refractivity contribution in [3.05, 3.63) is 40.1 Å². The summed E-state index contributed by atoms with van der Waals surface area (Å²) in [6.45, 7) is 7.89. The first-order valence-electron chi connectivity index (χ1n) is 17.7. The van der Waals surface area contributed by atoms with Crippen LogP contribution in [0.1, 0.15) is 62.5 Å². The van der Waals surface area contributed by atoms with Gasteiger partial charge in [0.1, 0.15) is 35.6 Å². The molecule has 0 spiro atoms. The molecule has 0 unspecified atom stereocenters. The standard InChI is InChI=1S/C36H39F2N7O4/c1-19-5-2-6-20-11-24-26(32(38)43-42-24)27(25(19)20)30-29(37)31-28-33(45-9-4-10-46-16-23(45)17-48-34(28)39-30)41-35(40-31)49-18-36-7-3-8-44(36)13-21(12-36)22-14-47-15-22/h11,19,23H,2-10,12-18H2,1H3,(H,42,43)/t19-,23+,36+/m1/s1. The molecule has 0 radical (unpaired) electrons. The van der Waals surface area contributed by atoms with E-state index < -0.39 is 11.8 Å². The summed E-state index contributed by atoms with van der Waals surface area (Å²) in [7, 11) is 0. The molecular formula is C36H39F2N7O4. The normalized spacial score (nSPS) is 26.6. The number of fused-ring (bicyclic) bond motifs is 5. The molecular weight excluding hydrogens is 632 g/mol. The van der Waals surface area contributed by atoms with Crippen LogP contribution in [-0.2, 0) is 15.9 Å². The maximum atomic E-state index is 17.4. The molecule has 11 nitrogen and oxygen atoms in total. The first-order chi connectivity index (χ1) is 24.0. The molecule has 4 saturated heterocycles. The van der Waals surface area contributed by atoms with Crippen molar-refractivity contribution >= 4 is 27.6 Å². The number of nitrogens with zero attached hydrogens (tertiary/aromatic N) is 6. The molecule has 3 aromatic heterocycles. The van der Waals surface area contributed by atoms with Gasteiger partial charge < -0.3 is 23.8 Å². The van der Waals surface area contributed by atoms with Crippen LogP contribution in [0.2, 0.25) is 0 Å². The Kier molecular flexibility index (Phi) is 6.90. The zero-order valence-electron chi connectivity index (χ0n) is 27.6. The van der Waals surface area contributed by atoms with Crippen molar-refractivity contribution in [1.82, 2.24) is 30.0 Å². The number of anilines is 1. The molecule has 4 fully saturated rings. The van der Waals surface area contributed by atoms with Crippen molar-refractivity contribution < 1.29 is 27.7 Å². The number of benzene rings is 1. The summed E-state index contributed by atoms with van der Waals surface area (Å²) in [5, 5.41) is 7.36. The lowest BCUT2D eigenvalue weighted by atomic mass is 9.79. The number of hydrogen-bond donors (Lipinski definition) is 1. The Balaban J connectivity index is 1.15. The number of aryl methyl sites for hydroxylation is 1. The molecule has 4 aromatic rings. The summed E-state index contributed by atoms with van der Waals surface area (Å²) in [4.78, 5) is 19.3. The molecule has 5 aliphatic heterocycles. The van der Waals surface area contributed by atoms with E-state index in [9.17, 15) is 0 Å². The van der Waals surface area contributed by atoms with E-state index in [1.54, 1.807) is 0 Å². The van der Waals surface area contributed by atoms with E-state index >= 15 is 8.78 Å². The number of H-pyrrole nitrogens is 1. The minimum atomic E-state index is -0.646. The second kappa shape index (κ2) is 11.3. The average Bonchev–Trinajstić information content (AvgIpc) is 3.64. The third-order valence-corrected chi connectivity index (χ3v) is 11.8. The average molecular weight is 672 g/mol. The fourth-order valence-electron chi connectivity index (χ4n) is 9.22. The summed E-state index contributed by atoms with van der Waals surface area (Å²) < 4.78 is 57.3. The number of halogens is 2. The van der Waals surface area contributed by atoms with Gasteiger partial charge in [0, 0.05) is 25.3 Å². The Morgan fingerprint density at radius 1 is 1.04 bits per heavy atom. The van der Waals surface area contributed by atoms with Gasteiger partial charge in [0.2, 0.25) is 11.8 Å². The molecule has 8 heterocycles. The van der Waals surface area contributed by atoms with Gasteiger partial charge in [0.25, 0.3) is 0 Å². The van der Waals surface area contributed by atoms with Gasteiger partial charge in [0.05, 0.1) is 42.3 Å². The second-order valence-corrected chi connectivity index (χ2v) is 14.7. The molecule has 3 atom stereocenters. The number of rotatable bonds is 4. The van der Waals surface area contributed by atoms with Crippen molar-refractivity contribution in [1.29, 1.82) is 0 Å². The van der Waals surface area contributed by atoms with Crippen molar-refractivity contribution in [2.75, 3.05) is 64.2 Å². The predicted octanol–water partition coefficient (Wildman–Crippen LogP) is 5.22. The highest BCUT2D eigenvalue weighted by molar-refractivity contribution is 6.02. The summed E-state index contributed by atoms with van der Waals surface area (Å²) in [5.74, 6) is -0.418. The number of aromatic nitrogens is 5. The van der Waals surface area contributed by atoms with Gasteiger partial charge in [0.15, 0.2) is 5.82 Å². The molecule has 0 bridgehead atoms. The number of aromatic amines is 1. The molecule has 1 aliphatic carbocycles. The monoisotopic (exact) mass is 671 g/mol. The van der Waals surface area contributed by atoms with Crippen LogP contribution in [0.5, 0.6) is 11.9 Å². The van der Waals surface area contributed by atoms with Crippen molar-refractivity contribution in [3.63, 3.8) is 0 Å². The molecule has 0 amide bonds. The van der Waals surface area contributed by atoms with Gasteiger partial charge in [-0.1, -0.05) is 12.5 Å². The highest BCUT2D eigenvalue weighted by atomic mass is 19.1. The van der Waals surface area contributed by atoms with Gasteiger partial charge in [-0.05, 0) is 80.2 Å². The van der Waals surface area contributed by atoms with E-state index in [4.69, 9.17) is 33.9 Å². The Morgan fingerprint density at radius 2 is 1.96 bits per heavy atom. The van der Waals surface area contributed by atoms with Crippen LogP contribution in [0.15, 0.2) is 17.2 Å². The molecule has 13 heteroatoms. The van der Waals surface area contributed by atoms with Crippen molar-refractivity contribution in [3.8, 4) is 23.1 Å². The van der Waals surface area contributed by atoms with E-state index in [-0.39, 0.29) is 52.6 Å². The third kappa shape index (κ3) is 4.61. The van der Waals surface area contributed by atoms with Gasteiger partial charge in [-0.25, -0.2) is 9.37 Å². The van der Waals surface area contributed by atoms with Crippen molar-refractivity contribution in [2.24, 2.45) is 0 Å². The van der Waals surface area contributed by atoms with Crippen LogP contribution in [0.25, 0.3) is 33.1 Å². The molecule has 0 saturated carbocycles. The van der Waals surface area contributed by atoms with Crippen LogP contribution in [0.3, 0.4) is 0 Å². The zero-order chi connectivity index (χ0) is 32.9. The summed E-state index contributed by atoms with van der Waals surface area (Å²) in [5.41, 5.74) is 5.59. The molecule has 6 aliphatic rings. The van der Waals surface area contributed by atoms with Crippen LogP contribution >= 0.6 is 0 Å². The number of hydrogen-bond acceptors (Lipinski definition) is 10. The lowest BCUT2D eigenvalue weighted by Crippen LogP contribution is -2.43. The highest BCUT2D eigenvalue weighted by Gasteiger charge is 2.48. The summed E-state index contributed by atoms with van der Waals surface area (Å²) in [6.07, 6.45) is 6.55. The Morgan fingerprint density at radius 3 is 2.84 bits per heavy atom. The topological polar surface area (TPSA) is 111 Å². The first kappa shape index (κ1) is 29.9. The minimum absolute atomic E-state index is 0.0117. The van der Waals surface area contributed by atoms with Crippen LogP contribution in [0.4, 0.5) is 14.6 Å².